The minimum Gasteiger partial charge on any atom is -0.493 e. The number of primary amides is 1. The van der Waals surface area contributed by atoms with E-state index in [9.17, 15) is 9.59 Å². The molecule has 0 bridgehead atoms. The van der Waals surface area contributed by atoms with Gasteiger partial charge in [-0.05, 0) is 46.7 Å². The van der Waals surface area contributed by atoms with E-state index in [0.717, 1.165) is 11.1 Å². The first-order valence-corrected chi connectivity index (χ1v) is 10.4. The van der Waals surface area contributed by atoms with Gasteiger partial charge >= 0.3 is 0 Å². The Kier molecular flexibility index (Phi) is 8.67. The maximum absolute atomic E-state index is 12.6. The fraction of sp³-hybridized carbons (Fsp3) is 0.360. The summed E-state index contributed by atoms with van der Waals surface area (Å²) in [6, 6.07) is 13.5. The maximum atomic E-state index is 12.6. The van der Waals surface area contributed by atoms with Gasteiger partial charge in [0.15, 0.2) is 18.1 Å². The molecule has 0 saturated heterocycles. The summed E-state index contributed by atoms with van der Waals surface area (Å²) in [5.41, 5.74) is 8.23. The second-order valence-electron chi connectivity index (χ2n) is 8.05. The van der Waals surface area contributed by atoms with Gasteiger partial charge in [0.2, 0.25) is 5.91 Å². The van der Waals surface area contributed by atoms with E-state index in [0.29, 0.717) is 17.4 Å². The molecule has 6 nitrogen and oxygen atoms in total. The van der Waals surface area contributed by atoms with Crippen molar-refractivity contribution in [2.75, 3.05) is 13.7 Å². The van der Waals surface area contributed by atoms with Crippen molar-refractivity contribution in [1.29, 1.82) is 0 Å². The molecule has 0 aliphatic carbocycles. The van der Waals surface area contributed by atoms with Crippen LogP contribution in [0.25, 0.3) is 6.08 Å². The Morgan fingerprint density at radius 3 is 2.19 bits per heavy atom. The van der Waals surface area contributed by atoms with Gasteiger partial charge in [-0.25, -0.2) is 0 Å². The monoisotopic (exact) mass is 424 g/mol. The van der Waals surface area contributed by atoms with Gasteiger partial charge in [-0.15, -0.1) is 0 Å². The quantitative estimate of drug-likeness (QED) is 0.559. The van der Waals surface area contributed by atoms with Crippen LogP contribution in [0.5, 0.6) is 11.5 Å². The largest absolute Gasteiger partial charge is 0.493 e. The SMILES string of the molecule is COc1cc(/C=C/C(=O)NC(c2ccc(C(C)C)cc2)C(C)C)ccc1OCC(N)=O. The van der Waals surface area contributed by atoms with Gasteiger partial charge in [-0.2, -0.15) is 0 Å². The van der Waals surface area contributed by atoms with Crippen molar-refractivity contribution >= 4 is 17.9 Å². The third-order valence-electron chi connectivity index (χ3n) is 4.91. The molecule has 2 rings (SSSR count). The van der Waals surface area contributed by atoms with Crippen molar-refractivity contribution in [3.63, 3.8) is 0 Å². The molecule has 2 aromatic carbocycles. The number of benzene rings is 2. The number of ether oxygens (including phenoxy) is 2. The Bertz CT molecular complexity index is 918. The van der Waals surface area contributed by atoms with Crippen molar-refractivity contribution in [2.24, 2.45) is 11.7 Å². The Morgan fingerprint density at radius 2 is 1.65 bits per heavy atom. The third-order valence-corrected chi connectivity index (χ3v) is 4.91. The molecule has 1 unspecified atom stereocenters. The Balaban J connectivity index is 2.09. The Morgan fingerprint density at radius 1 is 1.00 bits per heavy atom. The van der Waals surface area contributed by atoms with Crippen LogP contribution in [0.15, 0.2) is 48.5 Å². The molecule has 1 atom stereocenters. The highest BCUT2D eigenvalue weighted by atomic mass is 16.5. The number of nitrogens with two attached hydrogens (primary N) is 1. The van der Waals surface area contributed by atoms with Crippen LogP contribution in [0.2, 0.25) is 0 Å². The van der Waals surface area contributed by atoms with Gasteiger partial charge in [0.1, 0.15) is 0 Å². The van der Waals surface area contributed by atoms with Crippen LogP contribution in [0, 0.1) is 5.92 Å². The van der Waals surface area contributed by atoms with E-state index in [-0.39, 0.29) is 24.5 Å². The third kappa shape index (κ3) is 7.17. The minimum atomic E-state index is -0.568. The second-order valence-corrected chi connectivity index (χ2v) is 8.05. The van der Waals surface area contributed by atoms with Crippen LogP contribution < -0.4 is 20.5 Å². The molecule has 0 aliphatic heterocycles. The number of rotatable bonds is 10. The second kappa shape index (κ2) is 11.2. The summed E-state index contributed by atoms with van der Waals surface area (Å²) < 4.78 is 10.6. The van der Waals surface area contributed by atoms with E-state index in [1.54, 1.807) is 24.3 Å². The first kappa shape index (κ1) is 24.0. The summed E-state index contributed by atoms with van der Waals surface area (Å²) in [7, 11) is 1.50. The highest BCUT2D eigenvalue weighted by Gasteiger charge is 2.17. The molecule has 0 spiro atoms. The predicted molar refractivity (Wildman–Crippen MR) is 123 cm³/mol. The zero-order valence-corrected chi connectivity index (χ0v) is 18.8. The van der Waals surface area contributed by atoms with E-state index in [2.05, 4.69) is 57.3 Å². The van der Waals surface area contributed by atoms with Gasteiger partial charge in [0, 0.05) is 6.08 Å². The molecule has 0 fully saturated rings. The van der Waals surface area contributed by atoms with Gasteiger partial charge in [0.05, 0.1) is 13.2 Å². The van der Waals surface area contributed by atoms with E-state index in [4.69, 9.17) is 15.2 Å². The molecule has 166 valence electrons. The number of carbonyl (C=O) groups is 2. The number of hydrogen-bond donors (Lipinski definition) is 2. The number of carbonyl (C=O) groups excluding carboxylic acids is 2. The molecule has 2 amide bonds. The van der Waals surface area contributed by atoms with Crippen molar-refractivity contribution in [2.45, 2.75) is 39.7 Å². The van der Waals surface area contributed by atoms with Crippen LogP contribution in [-0.2, 0) is 9.59 Å². The van der Waals surface area contributed by atoms with Gasteiger partial charge in [0.25, 0.3) is 5.91 Å². The summed E-state index contributed by atoms with van der Waals surface area (Å²) in [5, 5.41) is 3.09. The smallest absolute Gasteiger partial charge is 0.255 e. The molecule has 2 aromatic rings. The molecule has 31 heavy (non-hydrogen) atoms. The number of amides is 2. The highest BCUT2D eigenvalue weighted by molar-refractivity contribution is 5.92. The molecule has 6 heteroatoms. The van der Waals surface area contributed by atoms with Crippen molar-refractivity contribution in [3.05, 3.63) is 65.2 Å². The number of nitrogens with one attached hydrogen (secondary N) is 1. The van der Waals surface area contributed by atoms with E-state index < -0.39 is 5.91 Å². The lowest BCUT2D eigenvalue weighted by Crippen LogP contribution is -2.30. The molecule has 0 saturated carbocycles. The fourth-order valence-corrected chi connectivity index (χ4v) is 3.15. The molecule has 0 aromatic heterocycles. The lowest BCUT2D eigenvalue weighted by molar-refractivity contribution is -0.120. The zero-order valence-electron chi connectivity index (χ0n) is 18.8. The first-order valence-electron chi connectivity index (χ1n) is 10.4. The van der Waals surface area contributed by atoms with E-state index >= 15 is 0 Å². The molecular formula is C25H32N2O4. The zero-order chi connectivity index (χ0) is 23.0. The summed E-state index contributed by atoms with van der Waals surface area (Å²) >= 11 is 0. The molecule has 0 heterocycles. The fourth-order valence-electron chi connectivity index (χ4n) is 3.15. The number of hydrogen-bond acceptors (Lipinski definition) is 4. The molecule has 0 aliphatic rings. The van der Waals surface area contributed by atoms with Crippen LogP contribution in [0.4, 0.5) is 0 Å². The van der Waals surface area contributed by atoms with Crippen LogP contribution in [-0.4, -0.2) is 25.5 Å². The Labute approximate surface area is 184 Å². The summed E-state index contributed by atoms with van der Waals surface area (Å²) in [4.78, 5) is 23.5. The van der Waals surface area contributed by atoms with Gasteiger partial charge in [-0.1, -0.05) is 58.0 Å². The average Bonchev–Trinajstić information content (AvgIpc) is 2.74. The summed E-state index contributed by atoms with van der Waals surface area (Å²) in [6.07, 6.45) is 3.20. The maximum Gasteiger partial charge on any atom is 0.255 e. The standard InChI is InChI=1S/C25H32N2O4/c1-16(2)19-8-10-20(11-9-19)25(17(3)4)27-24(29)13-7-18-6-12-21(22(14-18)30-5)31-15-23(26)28/h6-14,16-17,25H,15H2,1-5H3,(H2,26,28)(H,27,29)/b13-7+. The normalized spacial score (nSPS) is 12.2. The topological polar surface area (TPSA) is 90.7 Å². The van der Waals surface area contributed by atoms with Crippen LogP contribution >= 0.6 is 0 Å². The predicted octanol–water partition coefficient (Wildman–Crippen LogP) is 4.21. The van der Waals surface area contributed by atoms with Crippen molar-refractivity contribution < 1.29 is 19.1 Å². The lowest BCUT2D eigenvalue weighted by atomic mass is 9.93. The average molecular weight is 425 g/mol. The van der Waals surface area contributed by atoms with Crippen LogP contribution in [0.1, 0.15) is 56.3 Å². The lowest BCUT2D eigenvalue weighted by Gasteiger charge is -2.23. The van der Waals surface area contributed by atoms with E-state index in [1.165, 1.54) is 18.7 Å². The molecular weight excluding hydrogens is 392 g/mol. The molecule has 3 N–H and O–H groups in total. The molecule has 0 radical (unpaired) electrons. The van der Waals surface area contributed by atoms with Crippen molar-refractivity contribution in [3.8, 4) is 11.5 Å². The van der Waals surface area contributed by atoms with Gasteiger partial charge in [-0.3, -0.25) is 9.59 Å². The summed E-state index contributed by atoms with van der Waals surface area (Å²) in [6.45, 7) is 8.25. The summed E-state index contributed by atoms with van der Waals surface area (Å²) in [5.74, 6) is 0.820. The van der Waals surface area contributed by atoms with Crippen LogP contribution in [0.3, 0.4) is 0 Å². The first-order chi connectivity index (χ1) is 14.7. The number of methoxy groups -OCH3 is 1. The van der Waals surface area contributed by atoms with Crippen molar-refractivity contribution in [1.82, 2.24) is 5.32 Å². The van der Waals surface area contributed by atoms with E-state index in [1.807, 2.05) is 0 Å². The highest BCUT2D eigenvalue weighted by Crippen LogP contribution is 2.28. The Hall–Kier alpha value is -3.28. The van der Waals surface area contributed by atoms with Gasteiger partial charge < -0.3 is 20.5 Å². The minimum absolute atomic E-state index is 0.0857.